The number of likely N-dealkylation sites (tertiary alicyclic amines) is 2. The summed E-state index contributed by atoms with van der Waals surface area (Å²) >= 11 is 0. The molecule has 1 spiro atoms. The SMILES string of the molecule is CCCN1CC2(CCN(C(=O)Cn3cc(C)cn3)CC2)CC1C(=O)O. The van der Waals surface area contributed by atoms with Crippen LogP contribution in [0.4, 0.5) is 0 Å². The zero-order chi connectivity index (χ0) is 18.0. The van der Waals surface area contributed by atoms with Crippen LogP contribution >= 0.6 is 0 Å². The normalized spacial score (nSPS) is 23.3. The molecular weight excluding hydrogens is 320 g/mol. The summed E-state index contributed by atoms with van der Waals surface area (Å²) in [5.74, 6) is -0.617. The van der Waals surface area contributed by atoms with E-state index >= 15 is 0 Å². The van der Waals surface area contributed by atoms with Gasteiger partial charge in [-0.3, -0.25) is 19.2 Å². The van der Waals surface area contributed by atoms with Crippen molar-refractivity contribution in [1.82, 2.24) is 19.6 Å². The Morgan fingerprint density at radius 2 is 2.08 bits per heavy atom. The van der Waals surface area contributed by atoms with Crippen molar-refractivity contribution < 1.29 is 14.7 Å². The van der Waals surface area contributed by atoms with Crippen LogP contribution in [0.15, 0.2) is 12.4 Å². The number of carboxylic acids is 1. The van der Waals surface area contributed by atoms with Crippen molar-refractivity contribution in [2.24, 2.45) is 5.41 Å². The highest BCUT2D eigenvalue weighted by Gasteiger charge is 2.48. The van der Waals surface area contributed by atoms with Crippen molar-refractivity contribution in [2.75, 3.05) is 26.2 Å². The van der Waals surface area contributed by atoms with Crippen molar-refractivity contribution in [3.63, 3.8) is 0 Å². The Hall–Kier alpha value is -1.89. The zero-order valence-corrected chi connectivity index (χ0v) is 15.1. The van der Waals surface area contributed by atoms with E-state index in [1.807, 2.05) is 18.0 Å². The summed E-state index contributed by atoms with van der Waals surface area (Å²) in [5.41, 5.74) is 1.10. The van der Waals surface area contributed by atoms with Crippen molar-refractivity contribution >= 4 is 11.9 Å². The van der Waals surface area contributed by atoms with Gasteiger partial charge in [-0.25, -0.2) is 0 Å². The number of piperidine rings is 1. The smallest absolute Gasteiger partial charge is 0.320 e. The number of hydrogen-bond donors (Lipinski definition) is 1. The molecule has 1 atom stereocenters. The number of hydrogen-bond acceptors (Lipinski definition) is 4. The molecule has 138 valence electrons. The molecule has 1 unspecified atom stereocenters. The van der Waals surface area contributed by atoms with Crippen LogP contribution in [-0.4, -0.2) is 68.8 Å². The first kappa shape index (κ1) is 17.9. The molecule has 0 radical (unpaired) electrons. The Kier molecular flexibility index (Phi) is 5.13. The van der Waals surface area contributed by atoms with Gasteiger partial charge in [0.1, 0.15) is 12.6 Å². The van der Waals surface area contributed by atoms with Crippen LogP contribution in [0, 0.1) is 12.3 Å². The lowest BCUT2D eigenvalue weighted by Crippen LogP contribution is -2.45. The molecule has 0 aromatic carbocycles. The average molecular weight is 348 g/mol. The van der Waals surface area contributed by atoms with E-state index in [-0.39, 0.29) is 23.9 Å². The summed E-state index contributed by atoms with van der Waals surface area (Å²) in [6.45, 7) is 7.43. The Labute approximate surface area is 148 Å². The zero-order valence-electron chi connectivity index (χ0n) is 15.1. The number of rotatable bonds is 5. The lowest BCUT2D eigenvalue weighted by atomic mass is 9.76. The van der Waals surface area contributed by atoms with Gasteiger partial charge in [0, 0.05) is 25.8 Å². The molecule has 0 saturated carbocycles. The van der Waals surface area contributed by atoms with Crippen molar-refractivity contribution in [3.05, 3.63) is 18.0 Å². The van der Waals surface area contributed by atoms with E-state index in [9.17, 15) is 14.7 Å². The van der Waals surface area contributed by atoms with Gasteiger partial charge in [-0.05, 0) is 50.1 Å². The van der Waals surface area contributed by atoms with Crippen LogP contribution < -0.4 is 0 Å². The van der Waals surface area contributed by atoms with E-state index in [4.69, 9.17) is 0 Å². The first-order valence-electron chi connectivity index (χ1n) is 9.16. The topological polar surface area (TPSA) is 78.7 Å². The largest absolute Gasteiger partial charge is 0.480 e. The van der Waals surface area contributed by atoms with Crippen molar-refractivity contribution in [2.45, 2.75) is 52.1 Å². The molecule has 1 aromatic heterocycles. The average Bonchev–Trinajstić information content (AvgIpc) is 3.13. The second-order valence-electron chi connectivity index (χ2n) is 7.62. The van der Waals surface area contributed by atoms with Crippen LogP contribution in [0.3, 0.4) is 0 Å². The summed E-state index contributed by atoms with van der Waals surface area (Å²) in [4.78, 5) is 28.1. The molecule has 7 nitrogen and oxygen atoms in total. The number of amides is 1. The molecule has 3 rings (SSSR count). The lowest BCUT2D eigenvalue weighted by Gasteiger charge is -2.39. The summed E-state index contributed by atoms with van der Waals surface area (Å²) < 4.78 is 1.68. The van der Waals surface area contributed by atoms with Crippen LogP contribution in [0.2, 0.25) is 0 Å². The maximum atomic E-state index is 12.5. The summed E-state index contributed by atoms with van der Waals surface area (Å²) in [5, 5.41) is 13.7. The fraction of sp³-hybridized carbons (Fsp3) is 0.722. The van der Waals surface area contributed by atoms with E-state index in [1.54, 1.807) is 10.9 Å². The predicted octanol–water partition coefficient (Wildman–Crippen LogP) is 1.37. The van der Waals surface area contributed by atoms with Gasteiger partial charge in [0.15, 0.2) is 0 Å². The minimum atomic E-state index is -0.710. The van der Waals surface area contributed by atoms with Crippen molar-refractivity contribution in [1.29, 1.82) is 0 Å². The molecule has 7 heteroatoms. The highest BCUT2D eigenvalue weighted by atomic mass is 16.4. The van der Waals surface area contributed by atoms with Crippen LogP contribution in [-0.2, 0) is 16.1 Å². The van der Waals surface area contributed by atoms with E-state index in [0.717, 1.165) is 37.9 Å². The fourth-order valence-corrected chi connectivity index (χ4v) is 4.30. The van der Waals surface area contributed by atoms with Crippen LogP contribution in [0.5, 0.6) is 0 Å². The molecule has 1 amide bonds. The molecule has 0 aliphatic carbocycles. The number of aryl methyl sites for hydroxylation is 1. The Morgan fingerprint density at radius 3 is 2.64 bits per heavy atom. The molecular formula is C18H28N4O3. The molecule has 1 N–H and O–H groups in total. The maximum Gasteiger partial charge on any atom is 0.320 e. The molecule has 3 heterocycles. The Balaban J connectivity index is 1.57. The fourth-order valence-electron chi connectivity index (χ4n) is 4.30. The summed E-state index contributed by atoms with van der Waals surface area (Å²) in [7, 11) is 0. The quantitative estimate of drug-likeness (QED) is 0.869. The monoisotopic (exact) mass is 348 g/mol. The first-order valence-corrected chi connectivity index (χ1v) is 9.16. The number of aromatic nitrogens is 2. The number of aliphatic carboxylic acids is 1. The van der Waals surface area contributed by atoms with Gasteiger partial charge in [0.05, 0.1) is 6.20 Å². The summed E-state index contributed by atoms with van der Waals surface area (Å²) in [6.07, 6.45) is 7.09. The van der Waals surface area contributed by atoms with Crippen molar-refractivity contribution in [3.8, 4) is 0 Å². The molecule has 0 bridgehead atoms. The van der Waals surface area contributed by atoms with Gasteiger partial charge in [-0.2, -0.15) is 5.10 Å². The van der Waals surface area contributed by atoms with Gasteiger partial charge in [0.25, 0.3) is 0 Å². The molecule has 1 aromatic rings. The predicted molar refractivity (Wildman–Crippen MR) is 93.1 cm³/mol. The third-order valence-corrected chi connectivity index (χ3v) is 5.64. The van der Waals surface area contributed by atoms with E-state index in [2.05, 4.69) is 16.9 Å². The third-order valence-electron chi connectivity index (χ3n) is 5.64. The number of carbonyl (C=O) groups excluding carboxylic acids is 1. The standard InChI is InChI=1S/C18H28N4O3/c1-3-6-21-13-18(9-15(21)17(24)25)4-7-20(8-5-18)16(23)12-22-11-14(2)10-19-22/h10-11,15H,3-9,12-13H2,1-2H3,(H,24,25). The van der Waals surface area contributed by atoms with E-state index in [1.165, 1.54) is 0 Å². The van der Waals surface area contributed by atoms with Gasteiger partial charge in [0.2, 0.25) is 5.91 Å². The molecule has 2 fully saturated rings. The molecule has 2 saturated heterocycles. The summed E-state index contributed by atoms with van der Waals surface area (Å²) in [6, 6.07) is -0.366. The second kappa shape index (κ2) is 7.15. The maximum absolute atomic E-state index is 12.5. The molecule has 2 aliphatic heterocycles. The van der Waals surface area contributed by atoms with Crippen LogP contribution in [0.25, 0.3) is 0 Å². The van der Waals surface area contributed by atoms with E-state index < -0.39 is 5.97 Å². The molecule has 25 heavy (non-hydrogen) atoms. The number of carbonyl (C=O) groups is 2. The number of carboxylic acid groups (broad SMARTS) is 1. The molecule has 2 aliphatic rings. The van der Waals surface area contributed by atoms with Gasteiger partial charge >= 0.3 is 5.97 Å². The third kappa shape index (κ3) is 3.86. The first-order chi connectivity index (χ1) is 11.9. The van der Waals surface area contributed by atoms with Gasteiger partial charge < -0.3 is 10.0 Å². The number of nitrogens with zero attached hydrogens (tertiary/aromatic N) is 4. The van der Waals surface area contributed by atoms with E-state index in [0.29, 0.717) is 19.5 Å². The highest BCUT2D eigenvalue weighted by Crippen LogP contribution is 2.43. The Morgan fingerprint density at radius 1 is 1.36 bits per heavy atom. The van der Waals surface area contributed by atoms with Gasteiger partial charge in [-0.15, -0.1) is 0 Å². The van der Waals surface area contributed by atoms with Crippen LogP contribution in [0.1, 0.15) is 38.2 Å². The minimum Gasteiger partial charge on any atom is -0.480 e. The highest BCUT2D eigenvalue weighted by molar-refractivity contribution is 5.76. The van der Waals surface area contributed by atoms with Gasteiger partial charge in [-0.1, -0.05) is 6.92 Å². The lowest BCUT2D eigenvalue weighted by molar-refractivity contribution is -0.142. The minimum absolute atomic E-state index is 0.0529. The Bertz CT molecular complexity index is 634. The second-order valence-corrected chi connectivity index (χ2v) is 7.62.